The van der Waals surface area contributed by atoms with E-state index in [1.54, 1.807) is 12.1 Å². The van der Waals surface area contributed by atoms with Crippen LogP contribution in [0.1, 0.15) is 12.5 Å². The number of non-ortho nitro benzene ring substituents is 1. The van der Waals surface area contributed by atoms with Crippen molar-refractivity contribution < 1.29 is 10.0 Å². The van der Waals surface area contributed by atoms with Gasteiger partial charge in [0.25, 0.3) is 5.69 Å². The maximum absolute atomic E-state index is 10.5. The molecule has 0 bridgehead atoms. The molecular formula is C12H18N2O3. The van der Waals surface area contributed by atoms with Crippen LogP contribution in [-0.2, 0) is 6.42 Å². The summed E-state index contributed by atoms with van der Waals surface area (Å²) in [6.07, 6.45) is 0.764. The number of rotatable bonds is 6. The second-order valence-electron chi connectivity index (χ2n) is 4.28. The molecule has 0 radical (unpaired) electrons. The predicted molar refractivity (Wildman–Crippen MR) is 65.6 cm³/mol. The molecular weight excluding hydrogens is 220 g/mol. The number of hydrogen-bond donors (Lipinski definition) is 2. The zero-order valence-corrected chi connectivity index (χ0v) is 9.87. The number of benzene rings is 1. The fourth-order valence-corrected chi connectivity index (χ4v) is 1.78. The first-order valence-corrected chi connectivity index (χ1v) is 5.62. The molecule has 0 spiro atoms. The lowest BCUT2D eigenvalue weighted by molar-refractivity contribution is -0.384. The van der Waals surface area contributed by atoms with Crippen LogP contribution in [0.2, 0.25) is 0 Å². The van der Waals surface area contributed by atoms with E-state index in [1.807, 2.05) is 6.92 Å². The summed E-state index contributed by atoms with van der Waals surface area (Å²) in [5.41, 5.74) is 6.67. The number of nitro groups is 1. The molecule has 0 saturated carbocycles. The summed E-state index contributed by atoms with van der Waals surface area (Å²) in [5, 5.41) is 19.6. The number of aliphatic hydroxyl groups is 1. The number of nitrogens with zero attached hydrogens (tertiary/aromatic N) is 1. The molecule has 1 rings (SSSR count). The lowest BCUT2D eigenvalue weighted by Crippen LogP contribution is -2.26. The average Bonchev–Trinajstić information content (AvgIpc) is 2.31. The Morgan fingerprint density at radius 2 is 2.00 bits per heavy atom. The minimum Gasteiger partial charge on any atom is -0.396 e. The van der Waals surface area contributed by atoms with E-state index in [-0.39, 0.29) is 24.1 Å². The molecule has 5 heteroatoms. The average molecular weight is 238 g/mol. The standard InChI is InChI=1S/C12H18N2O3/c1-9(11(7-13)8-15)6-10-2-4-12(5-3-10)14(16)17/h2-5,9,11,15H,6-8,13H2,1H3. The van der Waals surface area contributed by atoms with Gasteiger partial charge in [-0.25, -0.2) is 0 Å². The number of hydrogen-bond acceptors (Lipinski definition) is 4. The quantitative estimate of drug-likeness (QED) is 0.578. The van der Waals surface area contributed by atoms with Gasteiger partial charge in [-0.05, 0) is 30.4 Å². The van der Waals surface area contributed by atoms with E-state index in [4.69, 9.17) is 10.8 Å². The smallest absolute Gasteiger partial charge is 0.269 e. The molecule has 0 saturated heterocycles. The second kappa shape index (κ2) is 6.32. The zero-order chi connectivity index (χ0) is 12.8. The van der Waals surface area contributed by atoms with Crippen LogP contribution >= 0.6 is 0 Å². The normalized spacial score (nSPS) is 14.3. The van der Waals surface area contributed by atoms with Crippen molar-refractivity contribution in [1.82, 2.24) is 0 Å². The molecule has 0 heterocycles. The van der Waals surface area contributed by atoms with E-state index in [1.165, 1.54) is 12.1 Å². The molecule has 0 fully saturated rings. The van der Waals surface area contributed by atoms with Crippen LogP contribution in [-0.4, -0.2) is 23.2 Å². The minimum absolute atomic E-state index is 0.0741. The first-order chi connectivity index (χ1) is 8.08. The molecule has 2 unspecified atom stereocenters. The first-order valence-electron chi connectivity index (χ1n) is 5.62. The van der Waals surface area contributed by atoms with E-state index in [2.05, 4.69) is 0 Å². The molecule has 0 aliphatic carbocycles. The van der Waals surface area contributed by atoms with Crippen molar-refractivity contribution in [3.8, 4) is 0 Å². The van der Waals surface area contributed by atoms with Crippen LogP contribution in [0.5, 0.6) is 0 Å². The third kappa shape index (κ3) is 3.80. The summed E-state index contributed by atoms with van der Waals surface area (Å²) in [6.45, 7) is 2.55. The van der Waals surface area contributed by atoms with Crippen molar-refractivity contribution >= 4 is 5.69 Å². The summed E-state index contributed by atoms with van der Waals surface area (Å²) >= 11 is 0. The van der Waals surface area contributed by atoms with Gasteiger partial charge in [-0.15, -0.1) is 0 Å². The maximum Gasteiger partial charge on any atom is 0.269 e. The highest BCUT2D eigenvalue weighted by molar-refractivity contribution is 5.33. The molecule has 1 aromatic carbocycles. The molecule has 1 aromatic rings. The van der Waals surface area contributed by atoms with E-state index < -0.39 is 4.92 Å². The van der Waals surface area contributed by atoms with Crippen LogP contribution in [0.3, 0.4) is 0 Å². The lowest BCUT2D eigenvalue weighted by atomic mass is 9.89. The van der Waals surface area contributed by atoms with Gasteiger partial charge in [0.1, 0.15) is 0 Å². The molecule has 0 aliphatic heterocycles. The van der Waals surface area contributed by atoms with E-state index >= 15 is 0 Å². The van der Waals surface area contributed by atoms with Crippen LogP contribution < -0.4 is 5.73 Å². The first kappa shape index (κ1) is 13.6. The monoisotopic (exact) mass is 238 g/mol. The molecule has 2 atom stereocenters. The highest BCUT2D eigenvalue weighted by atomic mass is 16.6. The molecule has 5 nitrogen and oxygen atoms in total. The summed E-state index contributed by atoms with van der Waals surface area (Å²) in [5.74, 6) is 0.330. The van der Waals surface area contributed by atoms with Crippen molar-refractivity contribution in [3.63, 3.8) is 0 Å². The van der Waals surface area contributed by atoms with E-state index in [0.29, 0.717) is 6.54 Å². The number of aliphatic hydroxyl groups excluding tert-OH is 1. The van der Waals surface area contributed by atoms with Gasteiger partial charge >= 0.3 is 0 Å². The van der Waals surface area contributed by atoms with Crippen molar-refractivity contribution in [2.45, 2.75) is 13.3 Å². The van der Waals surface area contributed by atoms with Crippen LogP contribution in [0, 0.1) is 22.0 Å². The van der Waals surface area contributed by atoms with Gasteiger partial charge in [0, 0.05) is 18.7 Å². The van der Waals surface area contributed by atoms with Crippen molar-refractivity contribution in [2.24, 2.45) is 17.6 Å². The predicted octanol–water partition coefficient (Wildman–Crippen LogP) is 1.34. The summed E-state index contributed by atoms with van der Waals surface area (Å²) in [7, 11) is 0. The molecule has 94 valence electrons. The molecule has 3 N–H and O–H groups in total. The Morgan fingerprint density at radius 3 is 2.41 bits per heavy atom. The number of nitro benzene ring substituents is 1. The summed E-state index contributed by atoms with van der Waals surface area (Å²) in [6, 6.07) is 6.50. The van der Waals surface area contributed by atoms with Crippen LogP contribution in [0.4, 0.5) is 5.69 Å². The molecule has 0 aromatic heterocycles. The molecule has 17 heavy (non-hydrogen) atoms. The second-order valence-corrected chi connectivity index (χ2v) is 4.28. The summed E-state index contributed by atoms with van der Waals surface area (Å²) in [4.78, 5) is 10.1. The summed E-state index contributed by atoms with van der Waals surface area (Å²) < 4.78 is 0. The Hall–Kier alpha value is -1.46. The Balaban J connectivity index is 2.65. The van der Waals surface area contributed by atoms with Gasteiger partial charge in [0.05, 0.1) is 4.92 Å². The van der Waals surface area contributed by atoms with E-state index in [9.17, 15) is 10.1 Å². The fourth-order valence-electron chi connectivity index (χ4n) is 1.78. The minimum atomic E-state index is -0.413. The van der Waals surface area contributed by atoms with Gasteiger partial charge in [-0.3, -0.25) is 10.1 Å². The van der Waals surface area contributed by atoms with Gasteiger partial charge in [0.15, 0.2) is 0 Å². The lowest BCUT2D eigenvalue weighted by Gasteiger charge is -2.20. The van der Waals surface area contributed by atoms with Crippen molar-refractivity contribution in [3.05, 3.63) is 39.9 Å². The number of nitrogens with two attached hydrogens (primary N) is 1. The highest BCUT2D eigenvalue weighted by Gasteiger charge is 2.15. The Labute approximate surface area is 100 Å². The van der Waals surface area contributed by atoms with Gasteiger partial charge in [0.2, 0.25) is 0 Å². The molecule has 0 aliphatic rings. The van der Waals surface area contributed by atoms with Gasteiger partial charge in [-0.2, -0.15) is 0 Å². The van der Waals surface area contributed by atoms with Crippen molar-refractivity contribution in [2.75, 3.05) is 13.2 Å². The third-order valence-corrected chi connectivity index (χ3v) is 3.05. The third-order valence-electron chi connectivity index (χ3n) is 3.05. The van der Waals surface area contributed by atoms with Crippen LogP contribution in [0.15, 0.2) is 24.3 Å². The Bertz CT molecular complexity index is 361. The maximum atomic E-state index is 10.5. The Morgan fingerprint density at radius 1 is 1.41 bits per heavy atom. The van der Waals surface area contributed by atoms with Crippen LogP contribution in [0.25, 0.3) is 0 Å². The van der Waals surface area contributed by atoms with Gasteiger partial charge < -0.3 is 10.8 Å². The SMILES string of the molecule is CC(Cc1ccc([N+](=O)[O-])cc1)C(CN)CO. The fraction of sp³-hybridized carbons (Fsp3) is 0.500. The van der Waals surface area contributed by atoms with Crippen molar-refractivity contribution in [1.29, 1.82) is 0 Å². The highest BCUT2D eigenvalue weighted by Crippen LogP contribution is 2.18. The zero-order valence-electron chi connectivity index (χ0n) is 9.87. The topological polar surface area (TPSA) is 89.4 Å². The Kier molecular flexibility index (Phi) is 5.06. The van der Waals surface area contributed by atoms with Gasteiger partial charge in [-0.1, -0.05) is 19.1 Å². The van der Waals surface area contributed by atoms with E-state index in [0.717, 1.165) is 12.0 Å². The largest absolute Gasteiger partial charge is 0.396 e. The molecule has 0 amide bonds.